The van der Waals surface area contributed by atoms with Gasteiger partial charge in [-0.25, -0.2) is 27.7 Å². The minimum Gasteiger partial charge on any atom is -0.457 e. The Morgan fingerprint density at radius 3 is 1.89 bits per heavy atom. The second-order valence-electron chi connectivity index (χ2n) is 20.7. The van der Waals surface area contributed by atoms with Gasteiger partial charge < -0.3 is 9.47 Å². The summed E-state index contributed by atoms with van der Waals surface area (Å²) in [5.74, 6) is 0.200. The summed E-state index contributed by atoms with van der Waals surface area (Å²) in [5.41, 5.74) is 2.61. The molecule has 0 bridgehead atoms. The molecule has 0 amide bonds. The number of ether oxygens (including phenoxy) is 2. The highest BCUT2D eigenvalue weighted by atomic mass is 19.1. The minimum atomic E-state index is -0.591. The number of carbonyl (C=O) groups excluding carboxylic acids is 2. The van der Waals surface area contributed by atoms with Gasteiger partial charge in [-0.3, -0.25) is 0 Å². The standard InChI is InChI=1S/C49H60F2N6O4/c1-30(2)35-18-23-49(61-44(59)38-29-57(55-53-38)27-32-10-14-34(51)15-11-32)25-24-47(6)36(42(35)49)16-17-40-46(5)21-20-41(45(3,4)39(46)19-22-48(40,47)7)60-43(58)37-28-56(54-52-37)26-31-8-12-33(50)13-9-31/h8-15,28-29,35-36,39-42H,1,16-27H2,2-7H3/t35-,36+,39-,40+,41-,42+,46-,47+,48+,49-/m0/s1. The Balaban J connectivity index is 0.912. The van der Waals surface area contributed by atoms with E-state index >= 15 is 0 Å². The summed E-state index contributed by atoms with van der Waals surface area (Å²) >= 11 is 0. The Morgan fingerprint density at radius 1 is 0.705 bits per heavy atom. The molecule has 2 aromatic heterocycles. The Labute approximate surface area is 357 Å². The van der Waals surface area contributed by atoms with Crippen molar-refractivity contribution in [2.45, 2.75) is 131 Å². The van der Waals surface area contributed by atoms with Gasteiger partial charge in [-0.1, -0.05) is 81.5 Å². The van der Waals surface area contributed by atoms with Gasteiger partial charge in [0.15, 0.2) is 11.4 Å². The van der Waals surface area contributed by atoms with Crippen LogP contribution in [0.1, 0.15) is 138 Å². The van der Waals surface area contributed by atoms with E-state index in [9.17, 15) is 18.4 Å². The van der Waals surface area contributed by atoms with Gasteiger partial charge in [0.25, 0.3) is 0 Å². The molecule has 5 aliphatic carbocycles. The van der Waals surface area contributed by atoms with Crippen molar-refractivity contribution in [1.82, 2.24) is 30.0 Å². The normalized spacial score (nSPS) is 35.0. The van der Waals surface area contributed by atoms with Gasteiger partial charge in [0.1, 0.15) is 23.3 Å². The number of esters is 2. The van der Waals surface area contributed by atoms with E-state index < -0.39 is 17.5 Å². The first-order valence-corrected chi connectivity index (χ1v) is 22.3. The van der Waals surface area contributed by atoms with Crippen molar-refractivity contribution >= 4 is 11.9 Å². The van der Waals surface area contributed by atoms with Crippen LogP contribution < -0.4 is 0 Å². The molecule has 0 spiro atoms. The molecule has 12 heteroatoms. The second-order valence-corrected chi connectivity index (χ2v) is 20.7. The molecule has 61 heavy (non-hydrogen) atoms. The van der Waals surface area contributed by atoms with E-state index in [1.54, 1.807) is 46.0 Å². The van der Waals surface area contributed by atoms with Crippen LogP contribution in [-0.2, 0) is 22.6 Å². The van der Waals surface area contributed by atoms with E-state index in [4.69, 9.17) is 9.47 Å². The predicted octanol–water partition coefficient (Wildman–Crippen LogP) is 10.0. The third-order valence-corrected chi connectivity index (χ3v) is 17.5. The summed E-state index contributed by atoms with van der Waals surface area (Å²) in [6.07, 6.45) is 12.7. The maximum atomic E-state index is 14.0. The number of nitrogens with zero attached hydrogens (tertiary/aromatic N) is 6. The minimum absolute atomic E-state index is 0.0357. The SMILES string of the molecule is C=C(C)[C@@H]1CC[C@]2(OC(=O)c3cn(Cc4ccc(F)cc4)nn3)CC[C@]3(C)[C@H](CC[C@@H]4[C@@]5(C)CC[C@H](OC(=O)c6cn(Cc7ccc(F)cc7)nn6)C(C)(C)[C@@H]5CC[C@]43C)[C@@H]12. The number of hydrogen-bond donors (Lipinski definition) is 0. The first-order chi connectivity index (χ1) is 29.0. The Hall–Kier alpha value is -4.74. The highest BCUT2D eigenvalue weighted by Gasteiger charge is 2.72. The molecule has 9 rings (SSSR count). The third-order valence-electron chi connectivity index (χ3n) is 17.5. The van der Waals surface area contributed by atoms with Crippen molar-refractivity contribution in [2.24, 2.45) is 51.2 Å². The quantitative estimate of drug-likeness (QED) is 0.121. The second kappa shape index (κ2) is 15.0. The summed E-state index contributed by atoms with van der Waals surface area (Å²) in [4.78, 5) is 27.6. The number of carbonyl (C=O) groups is 2. The van der Waals surface area contributed by atoms with Gasteiger partial charge in [0, 0.05) is 11.3 Å². The molecule has 2 aromatic carbocycles. The molecule has 0 radical (unpaired) electrons. The molecule has 4 aromatic rings. The molecule has 324 valence electrons. The molecule has 0 N–H and O–H groups in total. The zero-order valence-corrected chi connectivity index (χ0v) is 36.5. The fourth-order valence-corrected chi connectivity index (χ4v) is 14.4. The van der Waals surface area contributed by atoms with E-state index in [0.29, 0.717) is 30.8 Å². The summed E-state index contributed by atoms with van der Waals surface area (Å²) in [6, 6.07) is 12.5. The summed E-state index contributed by atoms with van der Waals surface area (Å²) in [7, 11) is 0. The van der Waals surface area contributed by atoms with E-state index in [1.807, 2.05) is 0 Å². The van der Waals surface area contributed by atoms with Gasteiger partial charge in [-0.15, -0.1) is 10.2 Å². The van der Waals surface area contributed by atoms with Crippen LogP contribution >= 0.6 is 0 Å². The zero-order valence-electron chi connectivity index (χ0n) is 36.5. The Morgan fingerprint density at radius 2 is 1.30 bits per heavy atom. The lowest BCUT2D eigenvalue weighted by Crippen LogP contribution is -2.67. The van der Waals surface area contributed by atoms with Crippen LogP contribution in [0.15, 0.2) is 73.1 Å². The van der Waals surface area contributed by atoms with Crippen LogP contribution in [0.3, 0.4) is 0 Å². The van der Waals surface area contributed by atoms with Crippen molar-refractivity contribution in [3.05, 3.63) is 107 Å². The van der Waals surface area contributed by atoms with E-state index in [2.05, 4.69) is 68.7 Å². The van der Waals surface area contributed by atoms with Crippen molar-refractivity contribution < 1.29 is 27.8 Å². The number of halogens is 2. The molecular weight excluding hydrogens is 775 g/mol. The lowest BCUT2D eigenvalue weighted by atomic mass is 9.33. The number of fused-ring (bicyclic) bond motifs is 7. The molecule has 5 aliphatic rings. The number of aromatic nitrogens is 6. The average Bonchev–Trinajstić information content (AvgIpc) is 3.98. The fourth-order valence-electron chi connectivity index (χ4n) is 14.4. The van der Waals surface area contributed by atoms with Crippen molar-refractivity contribution in [1.29, 1.82) is 0 Å². The van der Waals surface area contributed by atoms with Gasteiger partial charge >= 0.3 is 11.9 Å². The monoisotopic (exact) mass is 834 g/mol. The van der Waals surface area contributed by atoms with Crippen LogP contribution in [-0.4, -0.2) is 53.6 Å². The summed E-state index contributed by atoms with van der Waals surface area (Å²) < 4.78 is 43.2. The molecule has 0 unspecified atom stereocenters. The summed E-state index contributed by atoms with van der Waals surface area (Å²) in [5, 5.41) is 16.8. The number of rotatable bonds is 9. The van der Waals surface area contributed by atoms with Crippen LogP contribution in [0.2, 0.25) is 0 Å². The lowest BCUT2D eigenvalue weighted by molar-refractivity contribution is -0.253. The molecule has 0 aliphatic heterocycles. The average molecular weight is 835 g/mol. The lowest BCUT2D eigenvalue weighted by Gasteiger charge is -2.72. The molecule has 5 fully saturated rings. The highest BCUT2D eigenvalue weighted by molar-refractivity contribution is 5.87. The van der Waals surface area contributed by atoms with Crippen molar-refractivity contribution in [3.8, 4) is 0 Å². The molecule has 10 nitrogen and oxygen atoms in total. The first-order valence-electron chi connectivity index (χ1n) is 22.3. The van der Waals surface area contributed by atoms with Gasteiger partial charge in [0.2, 0.25) is 0 Å². The van der Waals surface area contributed by atoms with Crippen LogP contribution in [0.25, 0.3) is 0 Å². The van der Waals surface area contributed by atoms with Crippen molar-refractivity contribution in [3.63, 3.8) is 0 Å². The van der Waals surface area contributed by atoms with Crippen LogP contribution in [0, 0.1) is 62.9 Å². The maximum absolute atomic E-state index is 14.0. The van der Waals surface area contributed by atoms with Gasteiger partial charge in [0.05, 0.1) is 25.5 Å². The smallest absolute Gasteiger partial charge is 0.361 e. The van der Waals surface area contributed by atoms with Crippen molar-refractivity contribution in [2.75, 3.05) is 0 Å². The van der Waals surface area contributed by atoms with E-state index in [-0.39, 0.29) is 62.6 Å². The Kier molecular flexibility index (Phi) is 10.2. The number of allylic oxidation sites excluding steroid dienone is 1. The topological polar surface area (TPSA) is 114 Å². The highest BCUT2D eigenvalue weighted by Crippen LogP contribution is 2.77. The molecule has 5 saturated carbocycles. The zero-order chi connectivity index (χ0) is 43.1. The van der Waals surface area contributed by atoms with E-state index in [1.165, 1.54) is 29.8 Å². The number of benzene rings is 2. The predicted molar refractivity (Wildman–Crippen MR) is 225 cm³/mol. The first kappa shape index (κ1) is 41.6. The maximum Gasteiger partial charge on any atom is 0.361 e. The fraction of sp³-hybridized carbons (Fsp3) is 0.592. The van der Waals surface area contributed by atoms with E-state index in [0.717, 1.165) is 75.3 Å². The molecule has 10 atom stereocenters. The van der Waals surface area contributed by atoms with Gasteiger partial charge in [-0.2, -0.15) is 0 Å². The van der Waals surface area contributed by atoms with Crippen LogP contribution in [0.5, 0.6) is 0 Å². The van der Waals surface area contributed by atoms with Gasteiger partial charge in [-0.05, 0) is 146 Å². The molecule has 2 heterocycles. The largest absolute Gasteiger partial charge is 0.457 e. The van der Waals surface area contributed by atoms with Crippen LogP contribution in [0.4, 0.5) is 8.78 Å². The number of hydrogen-bond acceptors (Lipinski definition) is 8. The molecule has 0 saturated heterocycles. The summed E-state index contributed by atoms with van der Waals surface area (Å²) in [6.45, 7) is 19.7. The molecular formula is C49H60F2N6O4. The third kappa shape index (κ3) is 6.85. The Bertz CT molecular complexity index is 2320.